The fourth-order valence-corrected chi connectivity index (χ4v) is 6.18. The van der Waals surface area contributed by atoms with Gasteiger partial charge in [0.2, 0.25) is 0 Å². The van der Waals surface area contributed by atoms with Crippen LogP contribution in [0.2, 0.25) is 0 Å². The average Bonchev–Trinajstić information content (AvgIpc) is 3.50. The number of aromatic nitrogens is 2. The lowest BCUT2D eigenvalue weighted by molar-refractivity contribution is -0.135. The highest BCUT2D eigenvalue weighted by Crippen LogP contribution is 2.36. The van der Waals surface area contributed by atoms with Gasteiger partial charge in [-0.05, 0) is 88.6 Å². The molecule has 42 heavy (non-hydrogen) atoms. The number of hydrogen-bond donors (Lipinski definition) is 1. The maximum atomic E-state index is 10.6. The van der Waals surface area contributed by atoms with Gasteiger partial charge in [-0.25, -0.2) is 0 Å². The van der Waals surface area contributed by atoms with Crippen molar-refractivity contribution in [1.29, 1.82) is 0 Å². The van der Waals surface area contributed by atoms with E-state index in [2.05, 4.69) is 120 Å². The first-order valence-electron chi connectivity index (χ1n) is 14.9. The quantitative estimate of drug-likeness (QED) is 0.208. The second kappa shape index (κ2) is 10.0. The number of aryl methyl sites for hydroxylation is 1. The van der Waals surface area contributed by atoms with Gasteiger partial charge in [-0.15, -0.1) is 0 Å². The van der Waals surface area contributed by atoms with Crippen LogP contribution in [0.3, 0.4) is 0 Å². The van der Waals surface area contributed by atoms with Crippen molar-refractivity contribution in [1.82, 2.24) is 9.13 Å². The molecule has 5 heteroatoms. The van der Waals surface area contributed by atoms with Crippen molar-refractivity contribution in [2.24, 2.45) is 0 Å². The van der Waals surface area contributed by atoms with E-state index in [9.17, 15) is 5.11 Å². The Hall–Kier alpha value is -4.06. The number of rotatable bonds is 7. The molecular formula is C37H36BN2O2. The summed E-state index contributed by atoms with van der Waals surface area (Å²) in [6, 6.07) is 32.8. The van der Waals surface area contributed by atoms with Crippen molar-refractivity contribution in [2.75, 3.05) is 6.51 Å². The molecule has 1 N–H and O–H groups in total. The fourth-order valence-electron chi connectivity index (χ4n) is 6.18. The molecule has 1 radical (unpaired) electrons. The van der Waals surface area contributed by atoms with Gasteiger partial charge in [-0.3, -0.25) is 0 Å². The third-order valence-electron chi connectivity index (χ3n) is 9.11. The van der Waals surface area contributed by atoms with Gasteiger partial charge >= 0.3 is 0 Å². The van der Waals surface area contributed by atoms with Crippen molar-refractivity contribution < 1.29 is 9.84 Å². The van der Waals surface area contributed by atoms with E-state index >= 15 is 0 Å². The summed E-state index contributed by atoms with van der Waals surface area (Å²) in [7, 11) is 2.13. The molecule has 0 unspecified atom stereocenters. The summed E-state index contributed by atoms with van der Waals surface area (Å²) in [5.41, 5.74) is 7.88. The van der Waals surface area contributed by atoms with E-state index < -0.39 is 11.2 Å². The second-order valence-electron chi connectivity index (χ2n) is 12.4. The molecule has 0 spiro atoms. The fraction of sp³-hybridized carbons (Fsp3) is 0.243. The van der Waals surface area contributed by atoms with Gasteiger partial charge in [0.25, 0.3) is 0 Å². The lowest BCUT2D eigenvalue weighted by Crippen LogP contribution is -2.48. The van der Waals surface area contributed by atoms with Crippen molar-refractivity contribution >= 4 is 51.5 Å². The van der Waals surface area contributed by atoms with Crippen molar-refractivity contribution in [3.8, 4) is 11.4 Å². The number of ether oxygens (including phenoxy) is 1. The topological polar surface area (TPSA) is 39.3 Å². The van der Waals surface area contributed by atoms with E-state index in [0.717, 1.165) is 29.7 Å². The van der Waals surface area contributed by atoms with E-state index in [1.165, 1.54) is 44.0 Å². The van der Waals surface area contributed by atoms with Gasteiger partial charge in [0.05, 0.1) is 27.8 Å². The van der Waals surface area contributed by atoms with Crippen molar-refractivity contribution in [2.45, 2.75) is 51.7 Å². The molecule has 6 aromatic rings. The highest BCUT2D eigenvalue weighted by molar-refractivity contribution is 6.53. The number of para-hydroxylation sites is 3. The molecule has 0 saturated carbocycles. The Morgan fingerprint density at radius 1 is 0.738 bits per heavy atom. The lowest BCUT2D eigenvalue weighted by atomic mass is 9.70. The van der Waals surface area contributed by atoms with E-state index in [1.807, 2.05) is 13.8 Å². The van der Waals surface area contributed by atoms with Crippen LogP contribution in [0.25, 0.3) is 50.2 Å². The molecule has 4 aromatic carbocycles. The molecule has 0 saturated heterocycles. The number of nitrogens with zero attached hydrogens (tertiary/aromatic N) is 2. The first-order chi connectivity index (χ1) is 20.2. The van der Waals surface area contributed by atoms with Crippen LogP contribution >= 0.6 is 0 Å². The molecule has 7 rings (SSSR count). The Bertz CT molecular complexity index is 1930. The summed E-state index contributed by atoms with van der Waals surface area (Å²) in [4.78, 5) is 0. The summed E-state index contributed by atoms with van der Waals surface area (Å²) < 4.78 is 11.0. The molecule has 0 bridgehead atoms. The number of hydrogen-bond acceptors (Lipinski definition) is 2. The largest absolute Gasteiger partial charge is 0.387 e. The third-order valence-corrected chi connectivity index (χ3v) is 9.11. The Balaban J connectivity index is 1.44. The highest BCUT2D eigenvalue weighted by Gasteiger charge is 2.35. The molecule has 209 valence electrons. The standard InChI is InChI=1S/C37H36BN2O2/c1-36(2,41)37(3,4)42-24-38-25-21-26(39-32-17-9-5-13-28(32)29-14-6-10-18-33(29)39)23-27(22-25)40-34-19-11-7-15-30(34)31-16-8-12-20-35(31)40/h5-7,9-15,17-23,41H,8,16,24H2,1-4H3. The van der Waals surface area contributed by atoms with E-state index in [-0.39, 0.29) is 0 Å². The van der Waals surface area contributed by atoms with Gasteiger partial charge in [0, 0.05) is 39.7 Å². The van der Waals surface area contributed by atoms with Crippen LogP contribution in [0.5, 0.6) is 0 Å². The van der Waals surface area contributed by atoms with Crippen molar-refractivity contribution in [3.05, 3.63) is 108 Å². The van der Waals surface area contributed by atoms with Crippen LogP contribution in [0.4, 0.5) is 0 Å². The molecule has 0 amide bonds. The predicted octanol–water partition coefficient (Wildman–Crippen LogP) is 7.54. The SMILES string of the molecule is CC(C)(O)C(C)(C)OC[B]c1cc(-n2c3c(c4ccccc42)CCC=C3)cc(-n2c3ccccc3c3ccccc32)c1. The summed E-state index contributed by atoms with van der Waals surface area (Å²) in [6.07, 6.45) is 6.68. The summed E-state index contributed by atoms with van der Waals surface area (Å²) in [6.45, 7) is 7.85. The first-order valence-corrected chi connectivity index (χ1v) is 14.9. The molecule has 0 atom stereocenters. The zero-order valence-corrected chi connectivity index (χ0v) is 24.8. The Morgan fingerprint density at radius 2 is 1.29 bits per heavy atom. The molecule has 1 aliphatic rings. The van der Waals surface area contributed by atoms with Crippen LogP contribution in [-0.2, 0) is 11.2 Å². The monoisotopic (exact) mass is 551 g/mol. The zero-order chi connectivity index (χ0) is 29.1. The van der Waals surface area contributed by atoms with Crippen LogP contribution in [0.1, 0.15) is 45.4 Å². The smallest absolute Gasteiger partial charge is 0.185 e. The van der Waals surface area contributed by atoms with E-state index in [4.69, 9.17) is 4.74 Å². The van der Waals surface area contributed by atoms with Gasteiger partial charge in [0.1, 0.15) is 0 Å². The Kier molecular flexibility index (Phi) is 6.41. The predicted molar refractivity (Wildman–Crippen MR) is 177 cm³/mol. The average molecular weight is 552 g/mol. The van der Waals surface area contributed by atoms with Crippen LogP contribution in [0.15, 0.2) is 97.1 Å². The Labute approximate surface area is 248 Å². The molecular weight excluding hydrogens is 515 g/mol. The van der Waals surface area contributed by atoms with Crippen LogP contribution in [-0.4, -0.2) is 39.2 Å². The minimum atomic E-state index is -0.966. The maximum absolute atomic E-state index is 10.6. The highest BCUT2D eigenvalue weighted by atomic mass is 16.5. The lowest BCUT2D eigenvalue weighted by Gasteiger charge is -2.37. The van der Waals surface area contributed by atoms with Crippen molar-refractivity contribution in [3.63, 3.8) is 0 Å². The summed E-state index contributed by atoms with van der Waals surface area (Å²) in [5, 5.41) is 14.4. The van der Waals surface area contributed by atoms with Gasteiger partial charge < -0.3 is 19.0 Å². The second-order valence-corrected chi connectivity index (χ2v) is 12.4. The van der Waals surface area contributed by atoms with E-state index in [0.29, 0.717) is 6.51 Å². The normalized spacial score (nSPS) is 13.7. The number of fused-ring (bicyclic) bond motifs is 6. The molecule has 2 aromatic heterocycles. The van der Waals surface area contributed by atoms with Gasteiger partial charge in [-0.2, -0.15) is 0 Å². The molecule has 1 aliphatic carbocycles. The third kappa shape index (κ3) is 4.39. The van der Waals surface area contributed by atoms with Gasteiger partial charge in [0.15, 0.2) is 7.28 Å². The number of benzene rings is 4. The summed E-state index contributed by atoms with van der Waals surface area (Å²) in [5.74, 6) is 0. The molecule has 2 heterocycles. The number of allylic oxidation sites excluding steroid dienone is 1. The minimum absolute atomic E-state index is 0.386. The maximum Gasteiger partial charge on any atom is 0.185 e. The number of aliphatic hydroxyl groups is 1. The molecule has 0 aliphatic heterocycles. The molecule has 0 fully saturated rings. The van der Waals surface area contributed by atoms with Gasteiger partial charge in [-0.1, -0.05) is 66.1 Å². The van der Waals surface area contributed by atoms with Crippen LogP contribution in [0, 0.1) is 0 Å². The molecule has 4 nitrogen and oxygen atoms in total. The van der Waals surface area contributed by atoms with E-state index in [1.54, 1.807) is 13.8 Å². The minimum Gasteiger partial charge on any atom is -0.387 e. The summed E-state index contributed by atoms with van der Waals surface area (Å²) >= 11 is 0. The van der Waals surface area contributed by atoms with Crippen LogP contribution < -0.4 is 5.46 Å². The zero-order valence-electron chi connectivity index (χ0n) is 24.8. The first kappa shape index (κ1) is 26.8. The Morgan fingerprint density at radius 3 is 1.90 bits per heavy atom.